The second-order valence-electron chi connectivity index (χ2n) is 4.24. The molecule has 1 aromatic carbocycles. The van der Waals surface area contributed by atoms with Crippen molar-refractivity contribution in [3.63, 3.8) is 0 Å². The minimum atomic E-state index is 0.514. The van der Waals surface area contributed by atoms with Crippen LogP contribution in [0.5, 0.6) is 11.6 Å². The van der Waals surface area contributed by atoms with Crippen molar-refractivity contribution in [1.82, 2.24) is 9.97 Å². The summed E-state index contributed by atoms with van der Waals surface area (Å²) < 4.78 is 6.60. The van der Waals surface area contributed by atoms with E-state index >= 15 is 0 Å². The number of rotatable bonds is 4. The molecule has 1 heterocycles. The molecular formula is C14H16BrN3O. The van der Waals surface area contributed by atoms with Gasteiger partial charge in [-0.15, -0.1) is 0 Å². The Morgan fingerprint density at radius 3 is 2.79 bits per heavy atom. The Morgan fingerprint density at radius 2 is 2.05 bits per heavy atom. The molecule has 100 valence electrons. The van der Waals surface area contributed by atoms with Crippen LogP contribution in [-0.4, -0.2) is 16.5 Å². The topological polar surface area (TPSA) is 47.0 Å². The average molecular weight is 322 g/mol. The third kappa shape index (κ3) is 3.23. The Labute approximate surface area is 121 Å². The Hall–Kier alpha value is -1.62. The summed E-state index contributed by atoms with van der Waals surface area (Å²) in [5.41, 5.74) is 2.22. The molecule has 0 unspecified atom stereocenters. The largest absolute Gasteiger partial charge is 0.437 e. The maximum atomic E-state index is 5.87. The van der Waals surface area contributed by atoms with Gasteiger partial charge < -0.3 is 10.1 Å². The van der Waals surface area contributed by atoms with E-state index in [9.17, 15) is 0 Å². The molecule has 0 aliphatic heterocycles. The van der Waals surface area contributed by atoms with Crippen LogP contribution in [0.3, 0.4) is 0 Å². The number of aryl methyl sites for hydroxylation is 2. The fourth-order valence-electron chi connectivity index (χ4n) is 1.64. The minimum Gasteiger partial charge on any atom is -0.437 e. The molecule has 0 fully saturated rings. The molecule has 0 bridgehead atoms. The van der Waals surface area contributed by atoms with E-state index in [4.69, 9.17) is 4.74 Å². The third-order valence-corrected chi connectivity index (χ3v) is 3.37. The molecule has 19 heavy (non-hydrogen) atoms. The zero-order valence-electron chi connectivity index (χ0n) is 11.2. The molecule has 2 aromatic rings. The summed E-state index contributed by atoms with van der Waals surface area (Å²) in [5.74, 6) is 2.05. The van der Waals surface area contributed by atoms with Gasteiger partial charge in [-0.3, -0.25) is 0 Å². The molecular weight excluding hydrogens is 306 g/mol. The van der Waals surface area contributed by atoms with E-state index in [1.165, 1.54) is 6.33 Å². The number of benzene rings is 1. The highest BCUT2D eigenvalue weighted by atomic mass is 79.9. The first-order chi connectivity index (χ1) is 9.11. The predicted octanol–water partition coefficient (Wildman–Crippen LogP) is 4.08. The van der Waals surface area contributed by atoms with Gasteiger partial charge in [0.1, 0.15) is 22.4 Å². The van der Waals surface area contributed by atoms with E-state index in [0.717, 1.165) is 33.7 Å². The molecule has 0 aliphatic carbocycles. The predicted molar refractivity (Wildman–Crippen MR) is 79.9 cm³/mol. The molecule has 0 aliphatic rings. The van der Waals surface area contributed by atoms with Gasteiger partial charge in [0.05, 0.1) is 0 Å². The second-order valence-corrected chi connectivity index (χ2v) is 5.04. The van der Waals surface area contributed by atoms with Gasteiger partial charge in [-0.2, -0.15) is 0 Å². The molecule has 5 heteroatoms. The van der Waals surface area contributed by atoms with Gasteiger partial charge in [-0.25, -0.2) is 9.97 Å². The number of nitrogens with one attached hydrogen (secondary N) is 1. The van der Waals surface area contributed by atoms with E-state index < -0.39 is 0 Å². The van der Waals surface area contributed by atoms with Crippen LogP contribution in [0.4, 0.5) is 5.82 Å². The van der Waals surface area contributed by atoms with E-state index in [2.05, 4.69) is 37.3 Å². The fourth-order valence-corrected chi connectivity index (χ4v) is 2.06. The van der Waals surface area contributed by atoms with Gasteiger partial charge in [-0.05, 0) is 53.9 Å². The van der Waals surface area contributed by atoms with Gasteiger partial charge in [0.2, 0.25) is 5.88 Å². The van der Waals surface area contributed by atoms with Crippen molar-refractivity contribution in [2.75, 3.05) is 11.9 Å². The normalized spacial score (nSPS) is 10.3. The monoisotopic (exact) mass is 321 g/mol. The standard InChI is InChI=1S/C14H16BrN3O/c1-4-16-13-12(15)14(18-8-17-13)19-11-7-9(2)5-6-10(11)3/h5-8H,4H2,1-3H3,(H,16,17,18). The zero-order valence-corrected chi connectivity index (χ0v) is 12.8. The van der Waals surface area contributed by atoms with Crippen LogP contribution in [0.25, 0.3) is 0 Å². The number of aromatic nitrogens is 2. The number of hydrogen-bond acceptors (Lipinski definition) is 4. The molecule has 0 spiro atoms. The summed E-state index contributed by atoms with van der Waals surface area (Å²) in [6.45, 7) is 6.85. The van der Waals surface area contributed by atoms with Gasteiger partial charge in [0.15, 0.2) is 0 Å². The molecule has 0 saturated heterocycles. The second kappa shape index (κ2) is 6.02. The van der Waals surface area contributed by atoms with E-state index in [0.29, 0.717) is 5.88 Å². The molecule has 0 radical (unpaired) electrons. The number of hydrogen-bond donors (Lipinski definition) is 1. The Kier molecular flexibility index (Phi) is 4.37. The lowest BCUT2D eigenvalue weighted by Crippen LogP contribution is -2.02. The highest BCUT2D eigenvalue weighted by Crippen LogP contribution is 2.33. The van der Waals surface area contributed by atoms with E-state index in [1.807, 2.05) is 32.9 Å². The molecule has 0 saturated carbocycles. The van der Waals surface area contributed by atoms with E-state index in [-0.39, 0.29) is 0 Å². The summed E-state index contributed by atoms with van der Waals surface area (Å²) in [6, 6.07) is 6.09. The highest BCUT2D eigenvalue weighted by molar-refractivity contribution is 9.10. The van der Waals surface area contributed by atoms with Crippen molar-refractivity contribution >= 4 is 21.7 Å². The van der Waals surface area contributed by atoms with Crippen LogP contribution in [0, 0.1) is 13.8 Å². The summed E-state index contributed by atoms with van der Waals surface area (Å²) in [5, 5.41) is 3.15. The minimum absolute atomic E-state index is 0.514. The first kappa shape index (κ1) is 13.8. The molecule has 0 amide bonds. The smallest absolute Gasteiger partial charge is 0.238 e. The summed E-state index contributed by atoms with van der Waals surface area (Å²) in [6.07, 6.45) is 1.49. The van der Waals surface area contributed by atoms with Crippen molar-refractivity contribution < 1.29 is 4.74 Å². The molecule has 1 N–H and O–H groups in total. The SMILES string of the molecule is CCNc1ncnc(Oc2cc(C)ccc2C)c1Br. The van der Waals surface area contributed by atoms with Crippen molar-refractivity contribution in [3.8, 4) is 11.6 Å². The number of anilines is 1. The first-order valence-electron chi connectivity index (χ1n) is 6.11. The van der Waals surface area contributed by atoms with Gasteiger partial charge in [-0.1, -0.05) is 12.1 Å². The van der Waals surface area contributed by atoms with Crippen molar-refractivity contribution in [1.29, 1.82) is 0 Å². The van der Waals surface area contributed by atoms with Crippen molar-refractivity contribution in [2.24, 2.45) is 0 Å². The lowest BCUT2D eigenvalue weighted by molar-refractivity contribution is 0.455. The van der Waals surface area contributed by atoms with Crippen LogP contribution in [-0.2, 0) is 0 Å². The fraction of sp³-hybridized carbons (Fsp3) is 0.286. The first-order valence-corrected chi connectivity index (χ1v) is 6.90. The number of nitrogens with zero attached hydrogens (tertiary/aromatic N) is 2. The van der Waals surface area contributed by atoms with Crippen LogP contribution in [0.15, 0.2) is 29.0 Å². The Balaban J connectivity index is 2.33. The van der Waals surface area contributed by atoms with Crippen molar-refractivity contribution in [2.45, 2.75) is 20.8 Å². The maximum absolute atomic E-state index is 5.87. The van der Waals surface area contributed by atoms with Gasteiger partial charge in [0.25, 0.3) is 0 Å². The average Bonchev–Trinajstić information content (AvgIpc) is 2.39. The molecule has 0 atom stereocenters. The summed E-state index contributed by atoms with van der Waals surface area (Å²) in [7, 11) is 0. The van der Waals surface area contributed by atoms with Crippen LogP contribution in [0.1, 0.15) is 18.1 Å². The lowest BCUT2D eigenvalue weighted by atomic mass is 10.1. The quantitative estimate of drug-likeness (QED) is 0.921. The number of halogens is 1. The van der Waals surface area contributed by atoms with Gasteiger partial charge in [0, 0.05) is 6.54 Å². The molecule has 4 nitrogen and oxygen atoms in total. The van der Waals surface area contributed by atoms with E-state index in [1.54, 1.807) is 0 Å². The maximum Gasteiger partial charge on any atom is 0.238 e. The van der Waals surface area contributed by atoms with Gasteiger partial charge >= 0.3 is 0 Å². The lowest BCUT2D eigenvalue weighted by Gasteiger charge is -2.12. The van der Waals surface area contributed by atoms with Crippen LogP contribution >= 0.6 is 15.9 Å². The molecule has 1 aromatic heterocycles. The highest BCUT2D eigenvalue weighted by Gasteiger charge is 2.11. The Morgan fingerprint density at radius 1 is 1.26 bits per heavy atom. The number of ether oxygens (including phenoxy) is 1. The zero-order chi connectivity index (χ0) is 13.8. The summed E-state index contributed by atoms with van der Waals surface area (Å²) in [4.78, 5) is 8.33. The molecule has 2 rings (SSSR count). The Bertz CT molecular complexity index is 587. The van der Waals surface area contributed by atoms with Crippen LogP contribution < -0.4 is 10.1 Å². The third-order valence-electron chi connectivity index (χ3n) is 2.65. The van der Waals surface area contributed by atoms with Crippen molar-refractivity contribution in [3.05, 3.63) is 40.1 Å². The summed E-state index contributed by atoms with van der Waals surface area (Å²) >= 11 is 3.47. The van der Waals surface area contributed by atoms with Crippen LogP contribution in [0.2, 0.25) is 0 Å².